The van der Waals surface area contributed by atoms with E-state index in [4.69, 9.17) is 20.9 Å². The van der Waals surface area contributed by atoms with E-state index in [-0.39, 0.29) is 0 Å². The molecule has 0 aliphatic heterocycles. The van der Waals surface area contributed by atoms with Crippen LogP contribution in [0, 0.1) is 0 Å². The summed E-state index contributed by atoms with van der Waals surface area (Å²) in [6, 6.07) is 15.3. The number of hydrogen-bond donors (Lipinski definition) is 0. The first-order chi connectivity index (χ1) is 14.2. The van der Waals surface area contributed by atoms with Gasteiger partial charge in [0.15, 0.2) is 16.8 Å². The van der Waals surface area contributed by atoms with E-state index in [0.29, 0.717) is 22.5 Å². The van der Waals surface area contributed by atoms with Crippen molar-refractivity contribution in [2.45, 2.75) is 24.3 Å². The molecule has 148 valence electrons. The number of nitrogens with zero attached hydrogens (tertiary/aromatic N) is 5. The Hall–Kier alpha value is -2.84. The number of methoxy groups -OCH3 is 1. The second-order valence-electron chi connectivity index (χ2n) is 6.09. The van der Waals surface area contributed by atoms with E-state index < -0.39 is 0 Å². The Morgan fingerprint density at radius 2 is 1.83 bits per heavy atom. The zero-order valence-corrected chi connectivity index (χ0v) is 17.4. The van der Waals surface area contributed by atoms with Crippen molar-refractivity contribution in [1.82, 2.24) is 24.9 Å². The highest BCUT2D eigenvalue weighted by atomic mass is 35.5. The molecular formula is C20H18ClN5O2S. The number of halogens is 1. The predicted octanol–water partition coefficient (Wildman–Crippen LogP) is 4.83. The van der Waals surface area contributed by atoms with Gasteiger partial charge in [-0.05, 0) is 48.5 Å². The quantitative estimate of drug-likeness (QED) is 0.390. The van der Waals surface area contributed by atoms with Crippen LogP contribution in [0.1, 0.15) is 18.6 Å². The maximum Gasteiger partial charge on any atom is 0.237 e. The smallest absolute Gasteiger partial charge is 0.237 e. The minimum atomic E-state index is 0.501. The molecule has 0 spiro atoms. The molecular weight excluding hydrogens is 410 g/mol. The molecule has 4 rings (SSSR count). The molecule has 0 amide bonds. The molecule has 2 aromatic heterocycles. The number of benzene rings is 2. The molecule has 0 radical (unpaired) electrons. The molecule has 0 unspecified atom stereocenters. The van der Waals surface area contributed by atoms with Gasteiger partial charge in [0.1, 0.15) is 5.75 Å². The fourth-order valence-corrected chi connectivity index (χ4v) is 3.65. The number of hydrogen-bond acceptors (Lipinski definition) is 7. The second-order valence-corrected chi connectivity index (χ2v) is 7.47. The van der Waals surface area contributed by atoms with Gasteiger partial charge in [-0.2, -0.15) is 4.98 Å². The van der Waals surface area contributed by atoms with Crippen LogP contribution in [0.15, 0.2) is 58.2 Å². The van der Waals surface area contributed by atoms with Gasteiger partial charge in [-0.25, -0.2) is 0 Å². The third-order valence-electron chi connectivity index (χ3n) is 4.22. The minimum Gasteiger partial charge on any atom is -0.497 e. The zero-order valence-electron chi connectivity index (χ0n) is 15.9. The molecule has 0 fully saturated rings. The first kappa shape index (κ1) is 19.5. The van der Waals surface area contributed by atoms with Crippen LogP contribution in [0.5, 0.6) is 5.75 Å². The van der Waals surface area contributed by atoms with Crippen LogP contribution >= 0.6 is 23.4 Å². The monoisotopic (exact) mass is 427 g/mol. The maximum atomic E-state index is 6.07. The highest BCUT2D eigenvalue weighted by Gasteiger charge is 2.17. The van der Waals surface area contributed by atoms with Crippen molar-refractivity contribution in [2.75, 3.05) is 7.11 Å². The zero-order chi connectivity index (χ0) is 20.2. The van der Waals surface area contributed by atoms with Gasteiger partial charge in [-0.3, -0.25) is 4.57 Å². The molecule has 0 bridgehead atoms. The van der Waals surface area contributed by atoms with Crippen LogP contribution < -0.4 is 4.74 Å². The second kappa shape index (κ2) is 8.67. The van der Waals surface area contributed by atoms with Crippen LogP contribution in [0.4, 0.5) is 0 Å². The lowest BCUT2D eigenvalue weighted by Gasteiger charge is -2.10. The first-order valence-electron chi connectivity index (χ1n) is 8.98. The van der Waals surface area contributed by atoms with E-state index in [1.807, 2.05) is 60.0 Å². The van der Waals surface area contributed by atoms with Crippen LogP contribution in [-0.4, -0.2) is 32.0 Å². The van der Waals surface area contributed by atoms with E-state index in [1.54, 1.807) is 7.11 Å². The Morgan fingerprint density at radius 3 is 2.48 bits per heavy atom. The van der Waals surface area contributed by atoms with E-state index >= 15 is 0 Å². The van der Waals surface area contributed by atoms with Crippen molar-refractivity contribution in [2.24, 2.45) is 0 Å². The number of thioether (sulfide) groups is 1. The molecule has 0 N–H and O–H groups in total. The molecule has 2 heterocycles. The highest BCUT2D eigenvalue weighted by Crippen LogP contribution is 2.30. The Labute approximate surface area is 177 Å². The summed E-state index contributed by atoms with van der Waals surface area (Å²) in [7, 11) is 1.64. The van der Waals surface area contributed by atoms with E-state index in [1.165, 1.54) is 11.8 Å². The molecule has 0 atom stereocenters. The van der Waals surface area contributed by atoms with Gasteiger partial charge in [0.05, 0.1) is 12.9 Å². The molecule has 0 saturated heterocycles. The minimum absolute atomic E-state index is 0.501. The Morgan fingerprint density at radius 1 is 1.07 bits per heavy atom. The number of rotatable bonds is 7. The van der Waals surface area contributed by atoms with Crippen molar-refractivity contribution in [3.63, 3.8) is 0 Å². The van der Waals surface area contributed by atoms with Crippen molar-refractivity contribution < 1.29 is 9.26 Å². The average molecular weight is 428 g/mol. The topological polar surface area (TPSA) is 78.9 Å². The van der Waals surface area contributed by atoms with Gasteiger partial charge in [-0.15, -0.1) is 10.2 Å². The van der Waals surface area contributed by atoms with Crippen molar-refractivity contribution >= 4 is 23.4 Å². The van der Waals surface area contributed by atoms with E-state index in [2.05, 4.69) is 20.3 Å². The van der Waals surface area contributed by atoms with Gasteiger partial charge in [0, 0.05) is 22.7 Å². The Kier molecular flexibility index (Phi) is 5.82. The lowest BCUT2D eigenvalue weighted by Crippen LogP contribution is -2.00. The van der Waals surface area contributed by atoms with Crippen LogP contribution in [0.25, 0.3) is 17.1 Å². The first-order valence-corrected chi connectivity index (χ1v) is 10.3. The molecule has 7 nitrogen and oxygen atoms in total. The summed E-state index contributed by atoms with van der Waals surface area (Å²) in [5.74, 6) is 3.25. The third kappa shape index (κ3) is 4.28. The summed E-state index contributed by atoms with van der Waals surface area (Å²) >= 11 is 7.55. The third-order valence-corrected chi connectivity index (χ3v) is 5.38. The largest absolute Gasteiger partial charge is 0.497 e. The number of ether oxygens (including phenoxy) is 1. The van der Waals surface area contributed by atoms with Gasteiger partial charge >= 0.3 is 0 Å². The molecule has 0 aliphatic rings. The predicted molar refractivity (Wildman–Crippen MR) is 112 cm³/mol. The molecule has 0 aliphatic carbocycles. The summed E-state index contributed by atoms with van der Waals surface area (Å²) in [5.41, 5.74) is 1.83. The Bertz CT molecular complexity index is 1090. The van der Waals surface area contributed by atoms with E-state index in [0.717, 1.165) is 34.4 Å². The Balaban J connectivity index is 1.70. The lowest BCUT2D eigenvalue weighted by atomic mass is 10.2. The van der Waals surface area contributed by atoms with Crippen LogP contribution in [0.3, 0.4) is 0 Å². The van der Waals surface area contributed by atoms with Crippen LogP contribution in [0.2, 0.25) is 5.02 Å². The standard InChI is InChI=1S/C20H18ClN5O2S/c1-3-17-22-18(28-25-17)12-29-20-24-23-19(13-4-10-16(27-2)11-5-13)26(20)15-8-6-14(21)7-9-15/h4-11H,3,12H2,1-2H3. The summed E-state index contributed by atoms with van der Waals surface area (Å²) in [5, 5.41) is 14.1. The number of aryl methyl sites for hydroxylation is 1. The normalized spacial score (nSPS) is 11.0. The van der Waals surface area contributed by atoms with Crippen molar-refractivity contribution in [3.05, 3.63) is 65.3 Å². The van der Waals surface area contributed by atoms with Gasteiger partial charge in [-0.1, -0.05) is 35.4 Å². The molecule has 4 aromatic rings. The molecule has 29 heavy (non-hydrogen) atoms. The van der Waals surface area contributed by atoms with Gasteiger partial charge in [0.25, 0.3) is 0 Å². The summed E-state index contributed by atoms with van der Waals surface area (Å²) in [4.78, 5) is 4.35. The molecule has 0 saturated carbocycles. The van der Waals surface area contributed by atoms with Crippen molar-refractivity contribution in [1.29, 1.82) is 0 Å². The fourth-order valence-electron chi connectivity index (χ4n) is 2.73. The summed E-state index contributed by atoms with van der Waals surface area (Å²) in [6.45, 7) is 1.99. The van der Waals surface area contributed by atoms with Crippen LogP contribution in [-0.2, 0) is 12.2 Å². The highest BCUT2D eigenvalue weighted by molar-refractivity contribution is 7.98. The molecule has 9 heteroatoms. The summed E-state index contributed by atoms with van der Waals surface area (Å²) in [6.07, 6.45) is 0.733. The molecule has 2 aromatic carbocycles. The lowest BCUT2D eigenvalue weighted by molar-refractivity contribution is 0.385. The van der Waals surface area contributed by atoms with Gasteiger partial charge < -0.3 is 9.26 Å². The average Bonchev–Trinajstić information content (AvgIpc) is 3.40. The van der Waals surface area contributed by atoms with Gasteiger partial charge in [0.2, 0.25) is 5.89 Å². The van der Waals surface area contributed by atoms with Crippen molar-refractivity contribution in [3.8, 4) is 22.8 Å². The van der Waals surface area contributed by atoms with E-state index in [9.17, 15) is 0 Å². The number of aromatic nitrogens is 5. The maximum absolute atomic E-state index is 6.07. The fraction of sp³-hybridized carbons (Fsp3) is 0.200. The SMILES string of the molecule is CCc1noc(CSc2nnc(-c3ccc(OC)cc3)n2-c2ccc(Cl)cc2)n1. The summed E-state index contributed by atoms with van der Waals surface area (Å²) < 4.78 is 12.5.